The van der Waals surface area contributed by atoms with E-state index in [4.69, 9.17) is 11.6 Å². The quantitative estimate of drug-likeness (QED) is 0.519. The Morgan fingerprint density at radius 3 is 2.27 bits per heavy atom. The van der Waals surface area contributed by atoms with Gasteiger partial charge in [-0.25, -0.2) is 9.78 Å². The Kier molecular flexibility index (Phi) is 6.17. The third kappa shape index (κ3) is 5.42. The van der Waals surface area contributed by atoms with Crippen LogP contribution in [0.3, 0.4) is 0 Å². The Balaban J connectivity index is 1.85. The number of amides is 2. The molecule has 0 aliphatic rings. The molecule has 1 aromatic heterocycles. The summed E-state index contributed by atoms with van der Waals surface area (Å²) in [5.41, 5.74) is 0.742. The summed E-state index contributed by atoms with van der Waals surface area (Å²) in [6, 6.07) is 14.5. The minimum absolute atomic E-state index is 0.148. The molecule has 9 heteroatoms. The van der Waals surface area contributed by atoms with E-state index >= 15 is 0 Å². The van der Waals surface area contributed by atoms with Gasteiger partial charge in [-0.15, -0.1) is 0 Å². The maximum Gasteiger partial charge on any atom is 0.416 e. The summed E-state index contributed by atoms with van der Waals surface area (Å²) in [7, 11) is 3.23. The molecular formula is C21H18ClF3N4O. The molecule has 3 aromatic rings. The molecule has 30 heavy (non-hydrogen) atoms. The third-order valence-electron chi connectivity index (χ3n) is 4.12. The Bertz CT molecular complexity index is 1050. The first-order valence-corrected chi connectivity index (χ1v) is 9.20. The Morgan fingerprint density at radius 2 is 1.63 bits per heavy atom. The van der Waals surface area contributed by atoms with E-state index in [1.54, 1.807) is 62.6 Å². The molecule has 1 heterocycles. The lowest BCUT2D eigenvalue weighted by atomic mass is 10.1. The van der Waals surface area contributed by atoms with Crippen LogP contribution in [0.25, 0.3) is 11.3 Å². The van der Waals surface area contributed by atoms with Crippen LogP contribution in [0.5, 0.6) is 0 Å². The second-order valence-corrected chi connectivity index (χ2v) is 7.09. The number of nitrogens with zero attached hydrogens (tertiary/aromatic N) is 2. The molecule has 0 fully saturated rings. The number of halogens is 4. The number of carbonyl (C=O) groups excluding carboxylic acids is 1. The summed E-state index contributed by atoms with van der Waals surface area (Å²) in [5.74, 6) is 0.179. The summed E-state index contributed by atoms with van der Waals surface area (Å²) in [4.78, 5) is 18.0. The van der Waals surface area contributed by atoms with Gasteiger partial charge in [-0.1, -0.05) is 23.7 Å². The lowest BCUT2D eigenvalue weighted by Gasteiger charge is -2.16. The van der Waals surface area contributed by atoms with E-state index in [1.807, 2.05) is 0 Å². The van der Waals surface area contributed by atoms with E-state index in [0.717, 1.165) is 12.1 Å². The molecule has 0 saturated carbocycles. The van der Waals surface area contributed by atoms with Gasteiger partial charge < -0.3 is 15.5 Å². The van der Waals surface area contributed by atoms with Crippen molar-refractivity contribution >= 4 is 34.8 Å². The first-order valence-electron chi connectivity index (χ1n) is 8.82. The van der Waals surface area contributed by atoms with Gasteiger partial charge in [0.2, 0.25) is 0 Å². The van der Waals surface area contributed by atoms with Crippen LogP contribution < -0.4 is 15.5 Å². The van der Waals surface area contributed by atoms with Crippen LogP contribution >= 0.6 is 11.6 Å². The summed E-state index contributed by atoms with van der Waals surface area (Å²) >= 11 is 5.82. The van der Waals surface area contributed by atoms with Crippen LogP contribution in [0.15, 0.2) is 60.7 Å². The molecular weight excluding hydrogens is 417 g/mol. The number of hydrogen-bond acceptors (Lipinski definition) is 3. The maximum absolute atomic E-state index is 13.3. The number of aromatic nitrogens is 1. The molecule has 5 nitrogen and oxygen atoms in total. The van der Waals surface area contributed by atoms with E-state index in [0.29, 0.717) is 22.0 Å². The molecule has 3 rings (SSSR count). The summed E-state index contributed by atoms with van der Waals surface area (Å²) in [6.07, 6.45) is -4.50. The number of hydrogen-bond donors (Lipinski definition) is 2. The van der Waals surface area contributed by atoms with Crippen molar-refractivity contribution in [2.24, 2.45) is 0 Å². The van der Waals surface area contributed by atoms with E-state index < -0.39 is 17.8 Å². The fourth-order valence-corrected chi connectivity index (χ4v) is 2.77. The Morgan fingerprint density at radius 1 is 0.967 bits per heavy atom. The highest BCUT2D eigenvalue weighted by molar-refractivity contribution is 6.30. The molecule has 0 spiro atoms. The molecule has 0 aliphatic heterocycles. The van der Waals surface area contributed by atoms with Crippen molar-refractivity contribution in [3.05, 3.63) is 71.2 Å². The molecule has 0 saturated heterocycles. The number of urea groups is 1. The van der Waals surface area contributed by atoms with Gasteiger partial charge in [0.1, 0.15) is 5.82 Å². The third-order valence-corrected chi connectivity index (χ3v) is 4.37. The first-order chi connectivity index (χ1) is 14.1. The number of alkyl halides is 3. The second kappa shape index (κ2) is 8.62. The lowest BCUT2D eigenvalue weighted by molar-refractivity contribution is -0.137. The van der Waals surface area contributed by atoms with Gasteiger partial charge in [-0.3, -0.25) is 0 Å². The molecule has 2 N–H and O–H groups in total. The predicted octanol–water partition coefficient (Wildman–Crippen LogP) is 6.13. The van der Waals surface area contributed by atoms with Crippen LogP contribution in [0.4, 0.5) is 35.2 Å². The average molecular weight is 435 g/mol. The monoisotopic (exact) mass is 434 g/mol. The maximum atomic E-state index is 13.3. The Labute approximate surface area is 176 Å². The van der Waals surface area contributed by atoms with E-state index in [-0.39, 0.29) is 11.5 Å². The number of anilines is 3. The average Bonchev–Trinajstić information content (AvgIpc) is 2.69. The smallest absolute Gasteiger partial charge is 0.363 e. The highest BCUT2D eigenvalue weighted by atomic mass is 35.5. The van der Waals surface area contributed by atoms with Gasteiger partial charge >= 0.3 is 12.2 Å². The van der Waals surface area contributed by atoms with Gasteiger partial charge in [-0.2, -0.15) is 13.2 Å². The first kappa shape index (κ1) is 21.4. The molecule has 2 aromatic carbocycles. The van der Waals surface area contributed by atoms with Gasteiger partial charge in [0.15, 0.2) is 0 Å². The van der Waals surface area contributed by atoms with Crippen LogP contribution in [-0.4, -0.2) is 25.1 Å². The SMILES string of the molecule is CN(C)c1cc(C(F)(F)F)cc(-c2cccc(NC(=O)Nc3ccc(Cl)cc3)c2)n1. The van der Waals surface area contributed by atoms with Crippen molar-refractivity contribution in [2.45, 2.75) is 6.18 Å². The zero-order valence-corrected chi connectivity index (χ0v) is 16.8. The molecule has 0 radical (unpaired) electrons. The molecule has 0 unspecified atom stereocenters. The van der Waals surface area contributed by atoms with Crippen LogP contribution in [0.2, 0.25) is 5.02 Å². The van der Waals surface area contributed by atoms with Gasteiger partial charge in [0, 0.05) is 36.1 Å². The number of benzene rings is 2. The highest BCUT2D eigenvalue weighted by Crippen LogP contribution is 2.34. The zero-order chi connectivity index (χ0) is 21.9. The number of carbonyl (C=O) groups is 1. The van der Waals surface area contributed by atoms with Crippen molar-refractivity contribution < 1.29 is 18.0 Å². The zero-order valence-electron chi connectivity index (χ0n) is 16.1. The van der Waals surface area contributed by atoms with Crippen molar-refractivity contribution in [3.8, 4) is 11.3 Å². The van der Waals surface area contributed by atoms with Crippen molar-refractivity contribution in [2.75, 3.05) is 29.6 Å². The topological polar surface area (TPSA) is 57.3 Å². The fourth-order valence-electron chi connectivity index (χ4n) is 2.64. The molecule has 0 aliphatic carbocycles. The molecule has 156 valence electrons. The van der Waals surface area contributed by atoms with Gasteiger partial charge in [0.25, 0.3) is 0 Å². The van der Waals surface area contributed by atoms with Crippen molar-refractivity contribution in [1.29, 1.82) is 0 Å². The summed E-state index contributed by atoms with van der Waals surface area (Å²) < 4.78 is 39.9. The normalized spacial score (nSPS) is 11.1. The summed E-state index contributed by atoms with van der Waals surface area (Å²) in [6.45, 7) is 0. The van der Waals surface area contributed by atoms with Gasteiger partial charge in [-0.05, 0) is 48.5 Å². The Hall–Kier alpha value is -3.26. The largest absolute Gasteiger partial charge is 0.416 e. The van der Waals surface area contributed by atoms with Crippen LogP contribution in [0.1, 0.15) is 5.56 Å². The number of pyridine rings is 1. The molecule has 0 bridgehead atoms. The fraction of sp³-hybridized carbons (Fsp3) is 0.143. The van der Waals surface area contributed by atoms with Gasteiger partial charge in [0.05, 0.1) is 11.3 Å². The predicted molar refractivity (Wildman–Crippen MR) is 113 cm³/mol. The van der Waals surface area contributed by atoms with Crippen molar-refractivity contribution in [1.82, 2.24) is 4.98 Å². The van der Waals surface area contributed by atoms with Crippen LogP contribution in [0, 0.1) is 0 Å². The summed E-state index contributed by atoms with van der Waals surface area (Å²) in [5, 5.41) is 5.85. The minimum Gasteiger partial charge on any atom is -0.363 e. The number of rotatable bonds is 4. The lowest BCUT2D eigenvalue weighted by Crippen LogP contribution is -2.19. The van der Waals surface area contributed by atoms with E-state index in [9.17, 15) is 18.0 Å². The van der Waals surface area contributed by atoms with Crippen molar-refractivity contribution in [3.63, 3.8) is 0 Å². The van der Waals surface area contributed by atoms with E-state index in [2.05, 4.69) is 15.6 Å². The molecule has 0 atom stereocenters. The number of nitrogens with one attached hydrogen (secondary N) is 2. The standard InChI is InChI=1S/C21H18ClF3N4O/c1-29(2)19-12-14(21(23,24)25)11-18(28-19)13-4-3-5-17(10-13)27-20(30)26-16-8-6-15(22)7-9-16/h3-12H,1-2H3,(H2,26,27,30). The van der Waals surface area contributed by atoms with Crippen LogP contribution in [-0.2, 0) is 6.18 Å². The minimum atomic E-state index is -4.50. The highest BCUT2D eigenvalue weighted by Gasteiger charge is 2.32. The molecule has 2 amide bonds. The second-order valence-electron chi connectivity index (χ2n) is 6.66. The van der Waals surface area contributed by atoms with E-state index in [1.165, 1.54) is 4.90 Å².